The summed E-state index contributed by atoms with van der Waals surface area (Å²) in [5.41, 5.74) is 5.83. The summed E-state index contributed by atoms with van der Waals surface area (Å²) in [6.07, 6.45) is 0.176. The standard InChI is InChI=1S/C15H20ClNO4/c1-15(2,3)21-14(20)12(13(18)19)11(17)8-9-6-4-5-7-10(9)16/h4-7,11-12H,8,17H2,1-3H3,(H,18,19). The SMILES string of the molecule is CC(C)(C)OC(=O)C(C(=O)O)C(N)Cc1ccccc1Cl. The number of hydrogen-bond donors (Lipinski definition) is 2. The zero-order valence-corrected chi connectivity index (χ0v) is 13.1. The molecular weight excluding hydrogens is 294 g/mol. The summed E-state index contributed by atoms with van der Waals surface area (Å²) in [4.78, 5) is 23.3. The van der Waals surface area contributed by atoms with Crippen LogP contribution in [0.3, 0.4) is 0 Å². The van der Waals surface area contributed by atoms with Gasteiger partial charge < -0.3 is 15.6 Å². The number of nitrogens with two attached hydrogens (primary N) is 1. The predicted octanol–water partition coefficient (Wildman–Crippen LogP) is 2.25. The van der Waals surface area contributed by atoms with E-state index >= 15 is 0 Å². The highest BCUT2D eigenvalue weighted by atomic mass is 35.5. The third-order valence-corrected chi connectivity index (χ3v) is 3.14. The lowest BCUT2D eigenvalue weighted by atomic mass is 9.94. The molecule has 0 spiro atoms. The first kappa shape index (κ1) is 17.5. The Morgan fingerprint density at radius 2 is 1.90 bits per heavy atom. The van der Waals surface area contributed by atoms with E-state index in [9.17, 15) is 14.7 Å². The molecule has 0 saturated carbocycles. The Kier molecular flexibility index (Phi) is 5.75. The van der Waals surface area contributed by atoms with Gasteiger partial charge in [-0.25, -0.2) is 0 Å². The first-order chi connectivity index (χ1) is 9.61. The highest BCUT2D eigenvalue weighted by Gasteiger charge is 2.36. The van der Waals surface area contributed by atoms with Crippen molar-refractivity contribution < 1.29 is 19.4 Å². The van der Waals surface area contributed by atoms with E-state index in [1.807, 2.05) is 0 Å². The molecule has 0 fully saturated rings. The number of halogens is 1. The van der Waals surface area contributed by atoms with Crippen molar-refractivity contribution in [3.63, 3.8) is 0 Å². The van der Waals surface area contributed by atoms with E-state index in [4.69, 9.17) is 22.1 Å². The summed E-state index contributed by atoms with van der Waals surface area (Å²) in [5.74, 6) is -3.57. The molecule has 0 bridgehead atoms. The molecule has 0 amide bonds. The zero-order chi connectivity index (χ0) is 16.2. The topological polar surface area (TPSA) is 89.6 Å². The van der Waals surface area contributed by atoms with Crippen molar-refractivity contribution in [1.82, 2.24) is 0 Å². The van der Waals surface area contributed by atoms with Crippen LogP contribution in [0.2, 0.25) is 5.02 Å². The number of esters is 1. The molecule has 0 aliphatic carbocycles. The Morgan fingerprint density at radius 1 is 1.33 bits per heavy atom. The fraction of sp³-hybridized carbons (Fsp3) is 0.467. The molecule has 0 aliphatic rings. The van der Waals surface area contributed by atoms with E-state index < -0.39 is 29.5 Å². The number of benzene rings is 1. The number of carbonyl (C=O) groups excluding carboxylic acids is 1. The van der Waals surface area contributed by atoms with Crippen molar-refractivity contribution in [2.75, 3.05) is 0 Å². The molecule has 0 aliphatic heterocycles. The van der Waals surface area contributed by atoms with Gasteiger partial charge in [0.1, 0.15) is 5.60 Å². The van der Waals surface area contributed by atoms with Crippen LogP contribution in [0.1, 0.15) is 26.3 Å². The molecule has 0 heterocycles. The number of ether oxygens (including phenoxy) is 1. The lowest BCUT2D eigenvalue weighted by molar-refractivity contribution is -0.167. The summed E-state index contributed by atoms with van der Waals surface area (Å²) in [7, 11) is 0. The summed E-state index contributed by atoms with van der Waals surface area (Å²) < 4.78 is 5.12. The Labute approximate surface area is 129 Å². The molecule has 0 aromatic heterocycles. The van der Waals surface area contributed by atoms with E-state index in [-0.39, 0.29) is 6.42 Å². The van der Waals surface area contributed by atoms with Crippen LogP contribution in [-0.4, -0.2) is 28.7 Å². The van der Waals surface area contributed by atoms with Crippen molar-refractivity contribution in [2.45, 2.75) is 38.8 Å². The maximum absolute atomic E-state index is 12.0. The lowest BCUT2D eigenvalue weighted by Gasteiger charge is -2.25. The lowest BCUT2D eigenvalue weighted by Crippen LogP contribution is -2.45. The third kappa shape index (κ3) is 5.36. The van der Waals surface area contributed by atoms with Crippen LogP contribution >= 0.6 is 11.6 Å². The van der Waals surface area contributed by atoms with Gasteiger partial charge in [-0.05, 0) is 38.8 Å². The molecule has 2 atom stereocenters. The summed E-state index contributed by atoms with van der Waals surface area (Å²) in [6, 6.07) is 6.05. The maximum Gasteiger partial charge on any atom is 0.322 e. The highest BCUT2D eigenvalue weighted by Crippen LogP contribution is 2.20. The van der Waals surface area contributed by atoms with E-state index in [0.717, 1.165) is 0 Å². The molecule has 0 radical (unpaired) electrons. The van der Waals surface area contributed by atoms with Crippen LogP contribution in [0, 0.1) is 5.92 Å². The van der Waals surface area contributed by atoms with Crippen molar-refractivity contribution >= 4 is 23.5 Å². The average Bonchev–Trinajstić information content (AvgIpc) is 2.29. The Morgan fingerprint density at radius 3 is 2.38 bits per heavy atom. The maximum atomic E-state index is 12.0. The van der Waals surface area contributed by atoms with Crippen molar-refractivity contribution in [1.29, 1.82) is 0 Å². The molecule has 6 heteroatoms. The molecule has 1 aromatic rings. The number of carboxylic acids is 1. The summed E-state index contributed by atoms with van der Waals surface area (Å²) >= 11 is 6.02. The molecule has 116 valence electrons. The van der Waals surface area contributed by atoms with Gasteiger partial charge in [0, 0.05) is 11.1 Å². The van der Waals surface area contributed by atoms with Gasteiger partial charge in [0.2, 0.25) is 0 Å². The summed E-state index contributed by atoms with van der Waals surface area (Å²) in [5, 5.41) is 9.73. The predicted molar refractivity (Wildman–Crippen MR) is 80.1 cm³/mol. The van der Waals surface area contributed by atoms with Gasteiger partial charge >= 0.3 is 11.9 Å². The fourth-order valence-electron chi connectivity index (χ4n) is 1.86. The molecule has 21 heavy (non-hydrogen) atoms. The van der Waals surface area contributed by atoms with E-state index in [0.29, 0.717) is 10.6 Å². The first-order valence-corrected chi connectivity index (χ1v) is 6.94. The normalized spacial score (nSPS) is 14.3. The number of rotatable bonds is 5. The summed E-state index contributed by atoms with van der Waals surface area (Å²) in [6.45, 7) is 5.01. The Hall–Kier alpha value is -1.59. The van der Waals surface area contributed by atoms with Crippen LogP contribution in [0.15, 0.2) is 24.3 Å². The van der Waals surface area contributed by atoms with Gasteiger partial charge in [-0.3, -0.25) is 9.59 Å². The fourth-order valence-corrected chi connectivity index (χ4v) is 2.07. The molecule has 2 unspecified atom stereocenters. The monoisotopic (exact) mass is 313 g/mol. The number of carboxylic acid groups (broad SMARTS) is 1. The van der Waals surface area contributed by atoms with E-state index in [1.165, 1.54) is 0 Å². The number of carbonyl (C=O) groups is 2. The van der Waals surface area contributed by atoms with Crippen molar-refractivity contribution in [3.8, 4) is 0 Å². The molecule has 5 nitrogen and oxygen atoms in total. The van der Waals surface area contributed by atoms with Gasteiger partial charge in [-0.1, -0.05) is 29.8 Å². The molecule has 0 saturated heterocycles. The molecular formula is C15H20ClNO4. The van der Waals surface area contributed by atoms with Gasteiger partial charge in [0.15, 0.2) is 5.92 Å². The molecule has 1 aromatic carbocycles. The molecule has 3 N–H and O–H groups in total. The highest BCUT2D eigenvalue weighted by molar-refractivity contribution is 6.31. The quantitative estimate of drug-likeness (QED) is 0.643. The largest absolute Gasteiger partial charge is 0.481 e. The minimum atomic E-state index is -1.43. The molecule has 1 rings (SSSR count). The third-order valence-electron chi connectivity index (χ3n) is 2.77. The van der Waals surface area contributed by atoms with Crippen LogP contribution in [0.4, 0.5) is 0 Å². The van der Waals surface area contributed by atoms with Crippen LogP contribution < -0.4 is 5.73 Å². The van der Waals surface area contributed by atoms with Crippen LogP contribution in [-0.2, 0) is 20.7 Å². The average molecular weight is 314 g/mol. The van der Waals surface area contributed by atoms with Crippen molar-refractivity contribution in [2.24, 2.45) is 11.7 Å². The Balaban J connectivity index is 2.88. The first-order valence-electron chi connectivity index (χ1n) is 6.56. The van der Waals surface area contributed by atoms with Crippen LogP contribution in [0.5, 0.6) is 0 Å². The second-order valence-electron chi connectivity index (χ2n) is 5.81. The minimum absolute atomic E-state index is 0.176. The van der Waals surface area contributed by atoms with Crippen molar-refractivity contribution in [3.05, 3.63) is 34.9 Å². The number of hydrogen-bond acceptors (Lipinski definition) is 4. The smallest absolute Gasteiger partial charge is 0.322 e. The second kappa shape index (κ2) is 6.91. The van der Waals surface area contributed by atoms with Gasteiger partial charge in [0.25, 0.3) is 0 Å². The zero-order valence-electron chi connectivity index (χ0n) is 12.3. The van der Waals surface area contributed by atoms with Gasteiger partial charge in [-0.15, -0.1) is 0 Å². The van der Waals surface area contributed by atoms with Gasteiger partial charge in [0.05, 0.1) is 0 Å². The van der Waals surface area contributed by atoms with E-state index in [2.05, 4.69) is 0 Å². The van der Waals surface area contributed by atoms with E-state index in [1.54, 1.807) is 45.0 Å². The number of aliphatic carboxylic acids is 1. The van der Waals surface area contributed by atoms with Crippen LogP contribution in [0.25, 0.3) is 0 Å². The second-order valence-corrected chi connectivity index (χ2v) is 6.22. The minimum Gasteiger partial charge on any atom is -0.481 e. The van der Waals surface area contributed by atoms with Gasteiger partial charge in [-0.2, -0.15) is 0 Å². The Bertz CT molecular complexity index is 525.